The second-order valence-electron chi connectivity index (χ2n) is 9.61. The molecule has 0 aromatic rings. The maximum atomic E-state index is 12.3. The molecule has 3 N–H and O–H groups in total. The minimum Gasteiger partial charge on any atom is -0.393 e. The van der Waals surface area contributed by atoms with Crippen LogP contribution >= 0.6 is 0 Å². The van der Waals surface area contributed by atoms with E-state index in [0.717, 1.165) is 38.5 Å². The summed E-state index contributed by atoms with van der Waals surface area (Å²) in [5.41, 5.74) is 1.43. The van der Waals surface area contributed by atoms with Crippen LogP contribution < -0.4 is 0 Å². The molecule has 0 saturated heterocycles. The van der Waals surface area contributed by atoms with Gasteiger partial charge in [-0.25, -0.2) is 0 Å². The van der Waals surface area contributed by atoms with Gasteiger partial charge < -0.3 is 15.3 Å². The van der Waals surface area contributed by atoms with Crippen molar-refractivity contribution in [3.05, 3.63) is 11.6 Å². The van der Waals surface area contributed by atoms with Gasteiger partial charge in [-0.2, -0.15) is 0 Å². The number of ketones is 1. The maximum absolute atomic E-state index is 12.3. The average molecular weight is 348 g/mol. The third-order valence-electron chi connectivity index (χ3n) is 8.61. The van der Waals surface area contributed by atoms with Crippen LogP contribution in [0, 0.1) is 34.5 Å². The SMILES string of the molecule is C[C@]12CC[C@H]3[C@@H](CC=C4CC(O)CC[C@@]43C)[C@@H]1C[C@@H](O)[C@@H]2C(=O)CO. The van der Waals surface area contributed by atoms with Crippen LogP contribution in [0.2, 0.25) is 0 Å². The zero-order valence-corrected chi connectivity index (χ0v) is 15.4. The first-order valence-electron chi connectivity index (χ1n) is 10.0. The topological polar surface area (TPSA) is 77.8 Å². The Morgan fingerprint density at radius 1 is 1.20 bits per heavy atom. The van der Waals surface area contributed by atoms with E-state index in [2.05, 4.69) is 19.9 Å². The minimum absolute atomic E-state index is 0.174. The molecule has 140 valence electrons. The number of rotatable bonds is 2. The summed E-state index contributed by atoms with van der Waals surface area (Å²) in [6, 6.07) is 0. The van der Waals surface area contributed by atoms with E-state index in [4.69, 9.17) is 0 Å². The van der Waals surface area contributed by atoms with Crippen molar-refractivity contribution in [1.29, 1.82) is 0 Å². The molecule has 8 atom stereocenters. The van der Waals surface area contributed by atoms with Crippen molar-refractivity contribution in [2.75, 3.05) is 6.61 Å². The Bertz CT molecular complexity index is 599. The molecule has 4 aliphatic carbocycles. The van der Waals surface area contributed by atoms with Gasteiger partial charge in [-0.3, -0.25) is 4.79 Å². The van der Waals surface area contributed by atoms with Crippen molar-refractivity contribution in [2.24, 2.45) is 34.5 Å². The number of Topliss-reactive ketones (excluding diaryl/α,β-unsaturated/α-hetero) is 1. The standard InChI is InChI=1S/C21H32O4/c1-20-7-5-13(23)9-12(20)3-4-14-15(20)6-8-21(2)16(14)10-17(24)19(21)18(25)11-22/h3,13-17,19,22-24H,4-11H2,1-2H3/t13?,14-,15+,16+,17-,19-,20+,21+/m1/s1. The summed E-state index contributed by atoms with van der Waals surface area (Å²) in [5, 5.41) is 30.1. The molecule has 4 nitrogen and oxygen atoms in total. The van der Waals surface area contributed by atoms with E-state index in [1.165, 1.54) is 5.57 Å². The fraction of sp³-hybridized carbons (Fsp3) is 0.857. The maximum Gasteiger partial charge on any atom is 0.164 e. The lowest BCUT2D eigenvalue weighted by atomic mass is 9.47. The fourth-order valence-electron chi connectivity index (χ4n) is 7.34. The van der Waals surface area contributed by atoms with Crippen molar-refractivity contribution < 1.29 is 20.1 Å². The molecular formula is C21H32O4. The molecule has 0 aliphatic heterocycles. The number of carbonyl (C=O) groups excluding carboxylic acids is 1. The van der Waals surface area contributed by atoms with Crippen molar-refractivity contribution >= 4 is 5.78 Å². The first-order chi connectivity index (χ1) is 11.8. The number of carbonyl (C=O) groups is 1. The quantitative estimate of drug-likeness (QED) is 0.670. The third kappa shape index (κ3) is 2.40. The molecule has 1 unspecified atom stereocenters. The van der Waals surface area contributed by atoms with Crippen molar-refractivity contribution in [3.63, 3.8) is 0 Å². The minimum atomic E-state index is -0.611. The Balaban J connectivity index is 1.67. The van der Waals surface area contributed by atoms with Crippen molar-refractivity contribution in [2.45, 2.75) is 71.0 Å². The number of hydrogen-bond acceptors (Lipinski definition) is 4. The average Bonchev–Trinajstić information content (AvgIpc) is 2.85. The normalized spacial score (nSPS) is 52.0. The summed E-state index contributed by atoms with van der Waals surface area (Å²) in [5.74, 6) is 0.857. The van der Waals surface area contributed by atoms with E-state index in [1.807, 2.05) is 0 Å². The monoisotopic (exact) mass is 348 g/mol. The van der Waals surface area contributed by atoms with E-state index in [1.54, 1.807) is 0 Å². The molecule has 4 rings (SSSR count). The van der Waals surface area contributed by atoms with Gasteiger partial charge in [0.15, 0.2) is 5.78 Å². The first-order valence-corrected chi connectivity index (χ1v) is 10.0. The predicted octanol–water partition coefficient (Wildman–Crippen LogP) is 2.46. The molecule has 0 radical (unpaired) electrons. The molecule has 0 spiro atoms. The van der Waals surface area contributed by atoms with Crippen LogP contribution in [0.1, 0.15) is 58.8 Å². The Labute approximate surface area is 150 Å². The number of aliphatic hydroxyl groups is 3. The van der Waals surface area contributed by atoms with E-state index >= 15 is 0 Å². The van der Waals surface area contributed by atoms with Crippen LogP contribution in [0.5, 0.6) is 0 Å². The molecule has 25 heavy (non-hydrogen) atoms. The second kappa shape index (κ2) is 5.90. The highest BCUT2D eigenvalue weighted by molar-refractivity contribution is 5.83. The number of aliphatic hydroxyl groups excluding tert-OH is 3. The van der Waals surface area contributed by atoms with Gasteiger partial charge >= 0.3 is 0 Å². The van der Waals surface area contributed by atoms with Crippen LogP contribution in [0.3, 0.4) is 0 Å². The fourth-order valence-corrected chi connectivity index (χ4v) is 7.34. The van der Waals surface area contributed by atoms with E-state index < -0.39 is 18.6 Å². The highest BCUT2D eigenvalue weighted by Gasteiger charge is 2.62. The summed E-state index contributed by atoms with van der Waals surface area (Å²) in [6.07, 6.45) is 8.05. The lowest BCUT2D eigenvalue weighted by molar-refractivity contribution is -0.135. The lowest BCUT2D eigenvalue weighted by Crippen LogP contribution is -2.51. The summed E-state index contributed by atoms with van der Waals surface area (Å²) >= 11 is 0. The Kier molecular flexibility index (Phi) is 4.17. The molecular weight excluding hydrogens is 316 g/mol. The van der Waals surface area contributed by atoms with E-state index in [-0.39, 0.29) is 22.7 Å². The highest BCUT2D eigenvalue weighted by Crippen LogP contribution is 2.66. The van der Waals surface area contributed by atoms with Gasteiger partial charge in [-0.05, 0) is 73.5 Å². The Hall–Kier alpha value is -0.710. The molecule has 0 amide bonds. The summed E-state index contributed by atoms with van der Waals surface area (Å²) < 4.78 is 0. The van der Waals surface area contributed by atoms with Crippen LogP contribution in [0.15, 0.2) is 11.6 Å². The molecule has 3 fully saturated rings. The van der Waals surface area contributed by atoms with Gasteiger partial charge in [0.2, 0.25) is 0 Å². The summed E-state index contributed by atoms with van der Waals surface area (Å²) in [6.45, 7) is 4.10. The predicted molar refractivity (Wildman–Crippen MR) is 94.7 cm³/mol. The number of hydrogen-bond donors (Lipinski definition) is 3. The zero-order valence-electron chi connectivity index (χ0n) is 15.4. The highest BCUT2D eigenvalue weighted by atomic mass is 16.3. The smallest absolute Gasteiger partial charge is 0.164 e. The summed E-state index contributed by atoms with van der Waals surface area (Å²) in [4.78, 5) is 12.3. The molecule has 3 saturated carbocycles. The van der Waals surface area contributed by atoms with Crippen molar-refractivity contribution in [1.82, 2.24) is 0 Å². The van der Waals surface area contributed by atoms with Gasteiger partial charge in [0.25, 0.3) is 0 Å². The largest absolute Gasteiger partial charge is 0.393 e. The van der Waals surface area contributed by atoms with Gasteiger partial charge in [0.1, 0.15) is 6.61 Å². The number of fused-ring (bicyclic) bond motifs is 5. The van der Waals surface area contributed by atoms with Crippen molar-refractivity contribution in [3.8, 4) is 0 Å². The zero-order chi connectivity index (χ0) is 18.0. The van der Waals surface area contributed by atoms with Crippen LogP contribution in [-0.4, -0.2) is 39.9 Å². The first kappa shape index (κ1) is 17.7. The Morgan fingerprint density at radius 2 is 1.96 bits per heavy atom. The van der Waals surface area contributed by atoms with Gasteiger partial charge in [-0.15, -0.1) is 0 Å². The Morgan fingerprint density at radius 3 is 2.68 bits per heavy atom. The molecule has 0 aromatic heterocycles. The second-order valence-corrected chi connectivity index (χ2v) is 9.61. The third-order valence-corrected chi connectivity index (χ3v) is 8.61. The molecule has 4 aliphatic rings. The van der Waals surface area contributed by atoms with Gasteiger partial charge in [-0.1, -0.05) is 25.5 Å². The van der Waals surface area contributed by atoms with Gasteiger partial charge in [0.05, 0.1) is 18.1 Å². The molecule has 0 bridgehead atoms. The number of allylic oxidation sites excluding steroid dienone is 1. The van der Waals surface area contributed by atoms with E-state index in [9.17, 15) is 20.1 Å². The van der Waals surface area contributed by atoms with Crippen LogP contribution in [0.25, 0.3) is 0 Å². The van der Waals surface area contributed by atoms with E-state index in [0.29, 0.717) is 24.2 Å². The molecule has 0 aromatic carbocycles. The summed E-state index contributed by atoms with van der Waals surface area (Å²) in [7, 11) is 0. The lowest BCUT2D eigenvalue weighted by Gasteiger charge is -2.57. The molecule has 4 heteroatoms. The van der Waals surface area contributed by atoms with Crippen LogP contribution in [0.4, 0.5) is 0 Å². The molecule has 0 heterocycles. The van der Waals surface area contributed by atoms with Gasteiger partial charge in [0, 0.05) is 0 Å². The van der Waals surface area contributed by atoms with Crippen LogP contribution in [-0.2, 0) is 4.79 Å².